The van der Waals surface area contributed by atoms with E-state index in [9.17, 15) is 14.3 Å². The average Bonchev–Trinajstić information content (AvgIpc) is 2.94. The van der Waals surface area contributed by atoms with E-state index in [4.69, 9.17) is 14.5 Å². The molecule has 3 atom stereocenters. The normalized spacial score (nSPS) is 23.0. The van der Waals surface area contributed by atoms with Gasteiger partial charge in [0.25, 0.3) is 0 Å². The smallest absolute Gasteiger partial charge is 0.336 e. The van der Waals surface area contributed by atoms with Crippen LogP contribution in [0.2, 0.25) is 0 Å². The number of benzene rings is 1. The van der Waals surface area contributed by atoms with Crippen LogP contribution in [0.3, 0.4) is 0 Å². The monoisotopic (exact) mass is 579 g/mol. The molecule has 42 heavy (non-hydrogen) atoms. The second-order valence-corrected chi connectivity index (χ2v) is 13.1. The molecular weight excluding hydrogens is 533 g/mol. The Labute approximate surface area is 249 Å². The summed E-state index contributed by atoms with van der Waals surface area (Å²) in [5.74, 6) is -1.80. The van der Waals surface area contributed by atoms with Gasteiger partial charge in [0.2, 0.25) is 0 Å². The first-order valence-electron chi connectivity index (χ1n) is 15.0. The van der Waals surface area contributed by atoms with Crippen LogP contribution in [-0.4, -0.2) is 59.3 Å². The van der Waals surface area contributed by atoms with Gasteiger partial charge in [-0.3, -0.25) is 9.98 Å². The highest BCUT2D eigenvalue weighted by atomic mass is 19.1. The number of aromatic nitrogens is 1. The number of aliphatic carboxylic acids is 1. The molecule has 0 spiro atoms. The van der Waals surface area contributed by atoms with Crippen molar-refractivity contribution in [3.05, 3.63) is 65.2 Å². The number of halogens is 1. The summed E-state index contributed by atoms with van der Waals surface area (Å²) in [5.41, 5.74) is 2.86. The van der Waals surface area contributed by atoms with Crippen molar-refractivity contribution in [2.45, 2.75) is 91.5 Å². The Morgan fingerprint density at radius 2 is 1.88 bits per heavy atom. The Morgan fingerprint density at radius 3 is 2.48 bits per heavy atom. The SMILES string of the molecule is CCC(C)(C)OC(C(=O)O)C1(OCCc2ccc(F)cc2)C=NC(c2cnc(C)cc2N2CCC(C)(C)CC2)=CC1C. The minimum absolute atomic E-state index is 0.214. The van der Waals surface area contributed by atoms with Crippen LogP contribution in [0.4, 0.5) is 10.1 Å². The van der Waals surface area contributed by atoms with Crippen molar-refractivity contribution in [1.29, 1.82) is 0 Å². The van der Waals surface area contributed by atoms with Gasteiger partial charge in [-0.2, -0.15) is 0 Å². The molecule has 1 aromatic heterocycles. The van der Waals surface area contributed by atoms with Gasteiger partial charge < -0.3 is 19.5 Å². The highest BCUT2D eigenvalue weighted by Crippen LogP contribution is 2.40. The fourth-order valence-corrected chi connectivity index (χ4v) is 5.50. The number of aryl methyl sites for hydroxylation is 1. The minimum atomic E-state index is -1.35. The van der Waals surface area contributed by atoms with Crippen LogP contribution in [0.15, 0.2) is 47.6 Å². The second kappa shape index (κ2) is 12.6. The highest BCUT2D eigenvalue weighted by Gasteiger charge is 2.51. The summed E-state index contributed by atoms with van der Waals surface area (Å²) in [5, 5.41) is 10.4. The summed E-state index contributed by atoms with van der Waals surface area (Å²) in [6.45, 7) is 16.4. The minimum Gasteiger partial charge on any atom is -0.479 e. The van der Waals surface area contributed by atoms with Crippen LogP contribution in [0, 0.1) is 24.1 Å². The van der Waals surface area contributed by atoms with Crippen LogP contribution in [0.1, 0.15) is 77.6 Å². The van der Waals surface area contributed by atoms with E-state index >= 15 is 0 Å². The first-order valence-corrected chi connectivity index (χ1v) is 15.0. The largest absolute Gasteiger partial charge is 0.479 e. The molecular formula is C34H46FN3O4. The first kappa shape index (κ1) is 31.8. The van der Waals surface area contributed by atoms with Gasteiger partial charge in [0.1, 0.15) is 11.4 Å². The van der Waals surface area contributed by atoms with Gasteiger partial charge in [-0.1, -0.05) is 45.9 Å². The van der Waals surface area contributed by atoms with Crippen LogP contribution in [-0.2, 0) is 20.7 Å². The quantitative estimate of drug-likeness (QED) is 0.313. The molecule has 2 aliphatic heterocycles. The third-order valence-electron chi connectivity index (χ3n) is 8.86. The molecule has 0 amide bonds. The molecule has 0 aliphatic carbocycles. The van der Waals surface area contributed by atoms with Gasteiger partial charge in [-0.05, 0) is 75.6 Å². The summed E-state index contributed by atoms with van der Waals surface area (Å²) in [6, 6.07) is 8.35. The third-order valence-corrected chi connectivity index (χ3v) is 8.86. The predicted molar refractivity (Wildman–Crippen MR) is 166 cm³/mol. The first-order chi connectivity index (χ1) is 19.7. The van der Waals surface area contributed by atoms with Crippen LogP contribution in [0.25, 0.3) is 5.70 Å². The van der Waals surface area contributed by atoms with Gasteiger partial charge in [-0.25, -0.2) is 9.18 Å². The molecule has 3 heterocycles. The van der Waals surface area contributed by atoms with Crippen LogP contribution < -0.4 is 4.90 Å². The Bertz CT molecular complexity index is 1310. The molecule has 1 N–H and O–H groups in total. The number of carboxylic acids is 1. The molecule has 2 aromatic rings. The Hall–Kier alpha value is -3.10. The fraction of sp³-hybridized carbons (Fsp3) is 0.559. The van der Waals surface area contributed by atoms with Gasteiger partial charge in [-0.15, -0.1) is 0 Å². The van der Waals surface area contributed by atoms with E-state index in [1.54, 1.807) is 18.3 Å². The Morgan fingerprint density at radius 1 is 1.21 bits per heavy atom. The lowest BCUT2D eigenvalue weighted by Crippen LogP contribution is -2.59. The van der Waals surface area contributed by atoms with Crippen molar-refractivity contribution >= 4 is 23.6 Å². The number of carboxylic acid groups (broad SMARTS) is 1. The summed E-state index contributed by atoms with van der Waals surface area (Å²) in [4.78, 5) is 24.6. The zero-order chi connectivity index (χ0) is 30.7. The second-order valence-electron chi connectivity index (χ2n) is 13.1. The maximum atomic E-state index is 13.4. The van der Waals surface area contributed by atoms with Crippen molar-refractivity contribution < 1.29 is 23.8 Å². The number of anilines is 1. The molecule has 1 fully saturated rings. The number of aliphatic imine (C=N–C) groups is 1. The van der Waals surface area contributed by atoms with E-state index in [1.165, 1.54) is 12.1 Å². The van der Waals surface area contributed by atoms with E-state index in [0.717, 1.165) is 54.1 Å². The number of piperidine rings is 1. The van der Waals surface area contributed by atoms with E-state index < -0.39 is 23.3 Å². The molecule has 228 valence electrons. The molecule has 2 aliphatic rings. The molecule has 0 bridgehead atoms. The fourth-order valence-electron chi connectivity index (χ4n) is 5.50. The predicted octanol–water partition coefficient (Wildman–Crippen LogP) is 6.87. The lowest BCUT2D eigenvalue weighted by molar-refractivity contribution is -0.195. The lowest BCUT2D eigenvalue weighted by Gasteiger charge is -2.43. The molecule has 7 nitrogen and oxygen atoms in total. The number of carbonyl (C=O) groups is 1. The topological polar surface area (TPSA) is 84.2 Å². The zero-order valence-corrected chi connectivity index (χ0v) is 26.1. The van der Waals surface area contributed by atoms with Crippen molar-refractivity contribution in [2.75, 3.05) is 24.6 Å². The summed E-state index contributed by atoms with van der Waals surface area (Å²) < 4.78 is 26.2. The molecule has 0 saturated carbocycles. The number of nitrogens with zero attached hydrogens (tertiary/aromatic N) is 3. The lowest BCUT2D eigenvalue weighted by atomic mass is 9.80. The van der Waals surface area contributed by atoms with Crippen LogP contribution >= 0.6 is 0 Å². The number of rotatable bonds is 11. The third kappa shape index (κ3) is 7.27. The molecule has 1 aromatic carbocycles. The van der Waals surface area contributed by atoms with E-state index in [1.807, 2.05) is 46.9 Å². The Balaban J connectivity index is 1.68. The molecule has 8 heteroatoms. The van der Waals surface area contributed by atoms with Crippen molar-refractivity contribution in [3.63, 3.8) is 0 Å². The summed E-state index contributed by atoms with van der Waals surface area (Å²) in [6.07, 6.45) is 7.50. The van der Waals surface area contributed by atoms with E-state index in [2.05, 4.69) is 29.8 Å². The van der Waals surface area contributed by atoms with Crippen molar-refractivity contribution in [3.8, 4) is 0 Å². The molecule has 0 radical (unpaired) electrons. The van der Waals surface area contributed by atoms with Crippen LogP contribution in [0.5, 0.6) is 0 Å². The maximum absolute atomic E-state index is 13.4. The standard InChI is InChI=1S/C34H46FN3O4/c1-8-33(6,7)42-30(31(39)40)34(41-18-13-25-9-11-26(35)12-10-25)22-37-28(19-23(34)2)27-21-36-24(3)20-29(27)38-16-14-32(4,5)15-17-38/h9-12,19-23,30H,8,13-18H2,1-7H3,(H,39,40). The molecule has 3 unspecified atom stereocenters. The van der Waals surface area contributed by atoms with Gasteiger partial charge >= 0.3 is 5.97 Å². The van der Waals surface area contributed by atoms with E-state index in [-0.39, 0.29) is 18.3 Å². The number of pyridine rings is 1. The van der Waals surface area contributed by atoms with Crippen molar-refractivity contribution in [1.82, 2.24) is 4.98 Å². The van der Waals surface area contributed by atoms with Gasteiger partial charge in [0.15, 0.2) is 6.10 Å². The van der Waals surface area contributed by atoms with Crippen molar-refractivity contribution in [2.24, 2.45) is 16.3 Å². The average molecular weight is 580 g/mol. The summed E-state index contributed by atoms with van der Waals surface area (Å²) >= 11 is 0. The van der Waals surface area contributed by atoms with E-state index in [0.29, 0.717) is 18.3 Å². The Kier molecular flexibility index (Phi) is 9.58. The van der Waals surface area contributed by atoms with Gasteiger partial charge in [0, 0.05) is 48.4 Å². The molecule has 4 rings (SSSR count). The zero-order valence-electron chi connectivity index (χ0n) is 26.1. The number of hydrogen-bond donors (Lipinski definition) is 1. The summed E-state index contributed by atoms with van der Waals surface area (Å²) in [7, 11) is 0. The highest BCUT2D eigenvalue weighted by molar-refractivity contribution is 5.91. The number of hydrogen-bond acceptors (Lipinski definition) is 6. The maximum Gasteiger partial charge on any atom is 0.336 e. The molecule has 1 saturated heterocycles. The van der Waals surface area contributed by atoms with Gasteiger partial charge in [0.05, 0.1) is 17.9 Å². The number of ether oxygens (including phenoxy) is 2.